The van der Waals surface area contributed by atoms with Gasteiger partial charge in [-0.05, 0) is 30.3 Å². The smallest absolute Gasteiger partial charge is 0.260 e. The van der Waals surface area contributed by atoms with Crippen LogP contribution in [0.4, 0.5) is 11.4 Å². The van der Waals surface area contributed by atoms with Crippen molar-refractivity contribution in [1.82, 2.24) is 5.32 Å². The molecule has 0 aromatic heterocycles. The third-order valence-corrected chi connectivity index (χ3v) is 5.48. The molecule has 4 rings (SSSR count). The van der Waals surface area contributed by atoms with E-state index in [9.17, 15) is 14.7 Å². The molecule has 2 aliphatic heterocycles. The van der Waals surface area contributed by atoms with E-state index in [0.717, 1.165) is 16.9 Å². The fourth-order valence-electron chi connectivity index (χ4n) is 2.89. The minimum Gasteiger partial charge on any atom is -0.508 e. The maximum absolute atomic E-state index is 12.5. The van der Waals surface area contributed by atoms with Gasteiger partial charge in [0.1, 0.15) is 5.75 Å². The largest absolute Gasteiger partial charge is 0.508 e. The SMILES string of the molecule is CN(c1ccc(O)cc1)C1NC(=O)/C(=C2/C(=O)Nc3ccccc32)S1. The van der Waals surface area contributed by atoms with Crippen molar-refractivity contribution in [3.63, 3.8) is 0 Å². The summed E-state index contributed by atoms with van der Waals surface area (Å²) in [5.41, 5.74) is 2.40. The van der Waals surface area contributed by atoms with Crippen LogP contribution in [0.5, 0.6) is 5.75 Å². The number of para-hydroxylation sites is 1. The molecule has 2 amide bonds. The molecule has 3 N–H and O–H groups in total. The van der Waals surface area contributed by atoms with Gasteiger partial charge in [0.25, 0.3) is 11.8 Å². The number of hydrogen-bond acceptors (Lipinski definition) is 5. The van der Waals surface area contributed by atoms with Crippen LogP contribution < -0.4 is 15.5 Å². The molecule has 1 fully saturated rings. The molecule has 0 spiro atoms. The number of aromatic hydroxyl groups is 1. The van der Waals surface area contributed by atoms with Gasteiger partial charge in [0.15, 0.2) is 5.50 Å². The molecule has 2 aromatic rings. The van der Waals surface area contributed by atoms with E-state index >= 15 is 0 Å². The number of rotatable bonds is 2. The van der Waals surface area contributed by atoms with Crippen molar-refractivity contribution in [2.24, 2.45) is 0 Å². The summed E-state index contributed by atoms with van der Waals surface area (Å²) in [6.07, 6.45) is 0. The monoisotopic (exact) mass is 353 g/mol. The molecule has 6 nitrogen and oxygen atoms in total. The average molecular weight is 353 g/mol. The fraction of sp³-hybridized carbons (Fsp3) is 0.111. The molecule has 7 heteroatoms. The zero-order chi connectivity index (χ0) is 17.6. The molecule has 1 saturated heterocycles. The van der Waals surface area contributed by atoms with Gasteiger partial charge in [0.2, 0.25) is 0 Å². The van der Waals surface area contributed by atoms with Crippen LogP contribution in [0.1, 0.15) is 5.56 Å². The topological polar surface area (TPSA) is 81.7 Å². The number of carbonyl (C=O) groups excluding carboxylic acids is 2. The number of nitrogens with zero attached hydrogens (tertiary/aromatic N) is 1. The van der Waals surface area contributed by atoms with Gasteiger partial charge in [-0.15, -0.1) is 0 Å². The number of benzene rings is 2. The Kier molecular flexibility index (Phi) is 3.65. The summed E-state index contributed by atoms with van der Waals surface area (Å²) in [5.74, 6) is -0.337. The zero-order valence-electron chi connectivity index (χ0n) is 13.3. The van der Waals surface area contributed by atoms with E-state index in [-0.39, 0.29) is 23.1 Å². The predicted octanol–water partition coefficient (Wildman–Crippen LogP) is 2.34. The van der Waals surface area contributed by atoms with Crippen molar-refractivity contribution in [1.29, 1.82) is 0 Å². The summed E-state index contributed by atoms with van der Waals surface area (Å²) < 4.78 is 0. The lowest BCUT2D eigenvalue weighted by Gasteiger charge is -2.25. The number of phenols is 1. The summed E-state index contributed by atoms with van der Waals surface area (Å²) in [5, 5.41) is 15.1. The van der Waals surface area contributed by atoms with Gasteiger partial charge < -0.3 is 20.6 Å². The Bertz CT molecular complexity index is 908. The van der Waals surface area contributed by atoms with Crippen molar-refractivity contribution >= 4 is 40.5 Å². The molecule has 126 valence electrons. The Morgan fingerprint density at radius 2 is 1.76 bits per heavy atom. The highest BCUT2D eigenvalue weighted by molar-refractivity contribution is 8.05. The van der Waals surface area contributed by atoms with E-state index in [1.807, 2.05) is 36.2 Å². The Labute approximate surface area is 148 Å². The molecule has 1 atom stereocenters. The second-order valence-corrected chi connectivity index (χ2v) is 6.87. The van der Waals surface area contributed by atoms with Crippen LogP contribution in [0.15, 0.2) is 53.4 Å². The molecular weight excluding hydrogens is 338 g/mol. The molecule has 0 saturated carbocycles. The molecule has 0 radical (unpaired) electrons. The molecule has 2 aromatic carbocycles. The number of carbonyl (C=O) groups is 2. The van der Waals surface area contributed by atoms with Crippen LogP contribution in [0.3, 0.4) is 0 Å². The van der Waals surface area contributed by atoms with Gasteiger partial charge in [0.05, 0.1) is 10.5 Å². The van der Waals surface area contributed by atoms with E-state index in [2.05, 4.69) is 10.6 Å². The number of phenolic OH excluding ortho intramolecular Hbond substituents is 1. The average Bonchev–Trinajstić information content (AvgIpc) is 3.13. The van der Waals surface area contributed by atoms with Crippen molar-refractivity contribution in [2.75, 3.05) is 17.3 Å². The molecular formula is C18H15N3O3S. The summed E-state index contributed by atoms with van der Waals surface area (Å²) in [7, 11) is 1.85. The van der Waals surface area contributed by atoms with E-state index in [1.54, 1.807) is 24.3 Å². The van der Waals surface area contributed by atoms with Gasteiger partial charge in [-0.1, -0.05) is 30.0 Å². The molecule has 1 unspecified atom stereocenters. The highest BCUT2D eigenvalue weighted by Gasteiger charge is 2.37. The number of hydrogen-bond donors (Lipinski definition) is 3. The molecule has 0 bridgehead atoms. The van der Waals surface area contributed by atoms with Crippen molar-refractivity contribution in [3.05, 3.63) is 59.0 Å². The minimum atomic E-state index is -0.333. The van der Waals surface area contributed by atoms with Crippen molar-refractivity contribution < 1.29 is 14.7 Å². The van der Waals surface area contributed by atoms with Crippen LogP contribution in [-0.4, -0.2) is 29.5 Å². The van der Waals surface area contributed by atoms with Crippen LogP contribution in [-0.2, 0) is 9.59 Å². The number of fused-ring (bicyclic) bond motifs is 1. The van der Waals surface area contributed by atoms with E-state index in [0.29, 0.717) is 10.5 Å². The third kappa shape index (κ3) is 2.62. The van der Waals surface area contributed by atoms with Gasteiger partial charge in [0, 0.05) is 24.0 Å². The summed E-state index contributed by atoms with van der Waals surface area (Å²) >= 11 is 1.31. The number of thioether (sulfide) groups is 1. The zero-order valence-corrected chi connectivity index (χ0v) is 14.1. The first-order valence-corrected chi connectivity index (χ1v) is 8.57. The lowest BCUT2D eigenvalue weighted by molar-refractivity contribution is -0.117. The Balaban J connectivity index is 1.67. The lowest BCUT2D eigenvalue weighted by Crippen LogP contribution is -2.39. The Morgan fingerprint density at radius 1 is 1.04 bits per heavy atom. The second kappa shape index (κ2) is 5.86. The first-order chi connectivity index (χ1) is 12.0. The minimum absolute atomic E-state index is 0.183. The van der Waals surface area contributed by atoms with Crippen molar-refractivity contribution in [3.8, 4) is 5.75 Å². The standard InChI is InChI=1S/C18H15N3O3S/c1-21(10-6-8-11(22)9-7-10)18-20-17(24)15(25-18)14-12-4-2-3-5-13(12)19-16(14)23/h2-9,18,22H,1H3,(H,19,23)(H,20,24)/b15-14-. The normalized spacial score (nSPS) is 21.7. The third-order valence-electron chi connectivity index (χ3n) is 4.20. The van der Waals surface area contributed by atoms with Crippen LogP contribution in [0.25, 0.3) is 5.57 Å². The maximum Gasteiger partial charge on any atom is 0.260 e. The molecule has 2 aliphatic rings. The van der Waals surface area contributed by atoms with Gasteiger partial charge in [-0.2, -0.15) is 0 Å². The number of amides is 2. The summed E-state index contributed by atoms with van der Waals surface area (Å²) in [6.45, 7) is 0. The summed E-state index contributed by atoms with van der Waals surface area (Å²) in [6, 6.07) is 14.1. The highest BCUT2D eigenvalue weighted by atomic mass is 32.2. The highest BCUT2D eigenvalue weighted by Crippen LogP contribution is 2.41. The van der Waals surface area contributed by atoms with E-state index in [4.69, 9.17) is 0 Å². The van der Waals surface area contributed by atoms with Crippen LogP contribution >= 0.6 is 11.8 Å². The number of nitrogens with one attached hydrogen (secondary N) is 2. The van der Waals surface area contributed by atoms with Gasteiger partial charge in [-0.3, -0.25) is 9.59 Å². The van der Waals surface area contributed by atoms with E-state index < -0.39 is 0 Å². The van der Waals surface area contributed by atoms with Crippen LogP contribution in [0, 0.1) is 0 Å². The summed E-state index contributed by atoms with van der Waals surface area (Å²) in [4.78, 5) is 27.1. The quantitative estimate of drug-likeness (QED) is 0.722. The van der Waals surface area contributed by atoms with Crippen LogP contribution in [0.2, 0.25) is 0 Å². The fourth-order valence-corrected chi connectivity index (χ4v) is 4.04. The molecule has 0 aliphatic carbocycles. The Morgan fingerprint density at radius 3 is 2.52 bits per heavy atom. The van der Waals surface area contributed by atoms with E-state index in [1.165, 1.54) is 11.8 Å². The number of anilines is 2. The predicted molar refractivity (Wildman–Crippen MR) is 98.0 cm³/mol. The second-order valence-electron chi connectivity index (χ2n) is 5.77. The van der Waals surface area contributed by atoms with Crippen molar-refractivity contribution in [2.45, 2.75) is 5.50 Å². The first kappa shape index (κ1) is 15.6. The van der Waals surface area contributed by atoms with Gasteiger partial charge >= 0.3 is 0 Å². The molecule has 2 heterocycles. The first-order valence-electron chi connectivity index (χ1n) is 7.69. The molecule has 25 heavy (non-hydrogen) atoms. The maximum atomic E-state index is 12.5. The van der Waals surface area contributed by atoms with Gasteiger partial charge in [-0.25, -0.2) is 0 Å². The Hall–Kier alpha value is -2.93. The lowest BCUT2D eigenvalue weighted by atomic mass is 10.1.